The van der Waals surface area contributed by atoms with Crippen LogP contribution in [0.4, 0.5) is 0 Å². The number of aromatic nitrogens is 1. The largest absolute Gasteiger partial charge is 0.496 e. The van der Waals surface area contributed by atoms with Crippen LogP contribution in [0.1, 0.15) is 15.9 Å². The van der Waals surface area contributed by atoms with Crippen LogP contribution in [0.25, 0.3) is 0 Å². The van der Waals surface area contributed by atoms with E-state index in [9.17, 15) is 4.79 Å². The lowest BCUT2D eigenvalue weighted by Gasteiger charge is -2.12. The lowest BCUT2D eigenvalue weighted by atomic mass is 10.2. The Morgan fingerprint density at radius 3 is 2.22 bits per heavy atom. The van der Waals surface area contributed by atoms with E-state index < -0.39 is 0 Å². The Hall–Kier alpha value is -3.09. The summed E-state index contributed by atoms with van der Waals surface area (Å²) in [7, 11) is 4.61. The predicted molar refractivity (Wildman–Crippen MR) is 85.4 cm³/mol. The number of amides is 1. The first-order chi connectivity index (χ1) is 11.2. The summed E-state index contributed by atoms with van der Waals surface area (Å²) in [6.07, 6.45) is 4.53. The Labute approximate surface area is 133 Å². The number of nitrogens with zero attached hydrogens (tertiary/aromatic N) is 2. The molecule has 0 fully saturated rings. The number of hydrazone groups is 1. The lowest BCUT2D eigenvalue weighted by molar-refractivity contribution is 0.0955. The van der Waals surface area contributed by atoms with Gasteiger partial charge in [0.25, 0.3) is 5.91 Å². The van der Waals surface area contributed by atoms with Crippen LogP contribution in [-0.2, 0) is 0 Å². The molecule has 2 rings (SSSR count). The van der Waals surface area contributed by atoms with Gasteiger partial charge in [0.2, 0.25) is 0 Å². The third kappa shape index (κ3) is 3.97. The number of hydrogen-bond donors (Lipinski definition) is 1. The van der Waals surface area contributed by atoms with Gasteiger partial charge in [-0.05, 0) is 12.1 Å². The second-order valence-electron chi connectivity index (χ2n) is 4.38. The molecule has 7 heteroatoms. The molecule has 1 aromatic carbocycles. The molecule has 0 unspecified atom stereocenters. The van der Waals surface area contributed by atoms with Crippen molar-refractivity contribution >= 4 is 12.1 Å². The molecule has 23 heavy (non-hydrogen) atoms. The molecule has 2 aromatic rings. The van der Waals surface area contributed by atoms with Gasteiger partial charge in [0.05, 0.1) is 33.1 Å². The molecule has 0 aliphatic heterocycles. The fourth-order valence-corrected chi connectivity index (χ4v) is 1.88. The maximum atomic E-state index is 11.9. The molecule has 120 valence electrons. The Bertz CT molecular complexity index is 677. The van der Waals surface area contributed by atoms with Gasteiger partial charge in [-0.25, -0.2) is 5.43 Å². The van der Waals surface area contributed by atoms with Gasteiger partial charge in [0.15, 0.2) is 0 Å². The molecule has 7 nitrogen and oxygen atoms in total. The van der Waals surface area contributed by atoms with E-state index in [4.69, 9.17) is 14.2 Å². The molecular formula is C16H17N3O4. The summed E-state index contributed by atoms with van der Waals surface area (Å²) in [5.74, 6) is 1.29. The van der Waals surface area contributed by atoms with Gasteiger partial charge in [0.1, 0.15) is 17.2 Å². The average molecular weight is 315 g/mol. The number of carbonyl (C=O) groups is 1. The summed E-state index contributed by atoms with van der Waals surface area (Å²) in [5, 5.41) is 3.94. The van der Waals surface area contributed by atoms with Crippen LogP contribution in [0.5, 0.6) is 17.2 Å². The van der Waals surface area contributed by atoms with E-state index in [2.05, 4.69) is 15.5 Å². The van der Waals surface area contributed by atoms with Crippen molar-refractivity contribution in [1.82, 2.24) is 10.4 Å². The Morgan fingerprint density at radius 2 is 1.70 bits per heavy atom. The zero-order chi connectivity index (χ0) is 16.7. The van der Waals surface area contributed by atoms with E-state index in [0.717, 1.165) is 0 Å². The molecule has 1 heterocycles. The van der Waals surface area contributed by atoms with Gasteiger partial charge in [-0.2, -0.15) is 5.10 Å². The van der Waals surface area contributed by atoms with Gasteiger partial charge in [-0.3, -0.25) is 9.78 Å². The first-order valence-corrected chi connectivity index (χ1v) is 6.73. The van der Waals surface area contributed by atoms with Gasteiger partial charge in [0, 0.05) is 30.1 Å². The summed E-state index contributed by atoms with van der Waals surface area (Å²) in [5.41, 5.74) is 3.49. The SMILES string of the molecule is COc1cc(OC)c(/C=N/NC(=O)c2ccncc2)c(OC)c1. The number of hydrogen-bond acceptors (Lipinski definition) is 6. The summed E-state index contributed by atoms with van der Waals surface area (Å²) in [4.78, 5) is 15.8. The molecule has 0 aliphatic carbocycles. The zero-order valence-electron chi connectivity index (χ0n) is 13.1. The molecule has 1 N–H and O–H groups in total. The van der Waals surface area contributed by atoms with Crippen LogP contribution < -0.4 is 19.6 Å². The number of rotatable bonds is 6. The van der Waals surface area contributed by atoms with Crippen molar-refractivity contribution in [3.8, 4) is 17.2 Å². The number of ether oxygens (including phenoxy) is 3. The van der Waals surface area contributed by atoms with Gasteiger partial charge in [-0.1, -0.05) is 0 Å². The molecule has 0 atom stereocenters. The van der Waals surface area contributed by atoms with E-state index in [0.29, 0.717) is 28.4 Å². The number of nitrogens with one attached hydrogen (secondary N) is 1. The van der Waals surface area contributed by atoms with Crippen molar-refractivity contribution in [2.45, 2.75) is 0 Å². The van der Waals surface area contributed by atoms with E-state index in [1.807, 2.05) is 0 Å². The summed E-state index contributed by atoms with van der Waals surface area (Å²) in [6, 6.07) is 6.60. The van der Waals surface area contributed by atoms with Crippen LogP contribution in [0.2, 0.25) is 0 Å². The smallest absolute Gasteiger partial charge is 0.271 e. The Balaban J connectivity index is 2.20. The number of carbonyl (C=O) groups excluding carboxylic acids is 1. The highest BCUT2D eigenvalue weighted by atomic mass is 16.5. The Morgan fingerprint density at radius 1 is 1.09 bits per heavy atom. The molecular weight excluding hydrogens is 298 g/mol. The highest BCUT2D eigenvalue weighted by molar-refractivity contribution is 5.95. The minimum atomic E-state index is -0.338. The van der Waals surface area contributed by atoms with Crippen LogP contribution >= 0.6 is 0 Å². The molecule has 1 amide bonds. The Kier molecular flexibility index (Phi) is 5.51. The number of pyridine rings is 1. The highest BCUT2D eigenvalue weighted by Gasteiger charge is 2.11. The van der Waals surface area contributed by atoms with Crippen molar-refractivity contribution in [1.29, 1.82) is 0 Å². The molecule has 0 bridgehead atoms. The van der Waals surface area contributed by atoms with E-state index in [1.54, 1.807) is 31.4 Å². The maximum Gasteiger partial charge on any atom is 0.271 e. The topological polar surface area (TPSA) is 82.0 Å². The normalized spacial score (nSPS) is 10.4. The van der Waals surface area contributed by atoms with Gasteiger partial charge in [-0.15, -0.1) is 0 Å². The zero-order valence-corrected chi connectivity index (χ0v) is 13.1. The van der Waals surface area contributed by atoms with Crippen LogP contribution in [0.3, 0.4) is 0 Å². The second-order valence-corrected chi connectivity index (χ2v) is 4.38. The van der Waals surface area contributed by atoms with Gasteiger partial charge < -0.3 is 14.2 Å². The van der Waals surface area contributed by atoms with Crippen molar-refractivity contribution in [3.05, 3.63) is 47.8 Å². The number of methoxy groups -OCH3 is 3. The molecule has 0 radical (unpaired) electrons. The van der Waals surface area contributed by atoms with Gasteiger partial charge >= 0.3 is 0 Å². The first-order valence-electron chi connectivity index (χ1n) is 6.73. The minimum absolute atomic E-state index is 0.338. The van der Waals surface area contributed by atoms with E-state index in [1.165, 1.54) is 32.8 Å². The predicted octanol–water partition coefficient (Wildman–Crippen LogP) is 1.87. The minimum Gasteiger partial charge on any atom is -0.496 e. The summed E-state index contributed by atoms with van der Waals surface area (Å²) < 4.78 is 15.8. The maximum absolute atomic E-state index is 11.9. The monoisotopic (exact) mass is 315 g/mol. The fraction of sp³-hybridized carbons (Fsp3) is 0.188. The van der Waals surface area contributed by atoms with Crippen molar-refractivity contribution in [3.63, 3.8) is 0 Å². The average Bonchev–Trinajstić information content (AvgIpc) is 2.62. The molecule has 0 aliphatic rings. The summed E-state index contributed by atoms with van der Waals surface area (Å²) >= 11 is 0. The first kappa shape index (κ1) is 16.3. The molecule has 0 saturated heterocycles. The van der Waals surface area contributed by atoms with Crippen molar-refractivity contribution in [2.75, 3.05) is 21.3 Å². The second kappa shape index (κ2) is 7.79. The standard InChI is InChI=1S/C16H17N3O4/c1-21-12-8-14(22-2)13(15(9-12)23-3)10-18-19-16(20)11-4-6-17-7-5-11/h4-10H,1-3H3,(H,19,20)/b18-10+. The van der Waals surface area contributed by atoms with Crippen molar-refractivity contribution in [2.24, 2.45) is 5.10 Å². The third-order valence-electron chi connectivity index (χ3n) is 3.06. The highest BCUT2D eigenvalue weighted by Crippen LogP contribution is 2.32. The van der Waals surface area contributed by atoms with E-state index in [-0.39, 0.29) is 5.91 Å². The van der Waals surface area contributed by atoms with E-state index >= 15 is 0 Å². The van der Waals surface area contributed by atoms with Crippen molar-refractivity contribution < 1.29 is 19.0 Å². The van der Waals surface area contributed by atoms with Crippen LogP contribution in [0.15, 0.2) is 41.8 Å². The molecule has 1 aromatic heterocycles. The number of benzene rings is 1. The third-order valence-corrected chi connectivity index (χ3v) is 3.06. The molecule has 0 spiro atoms. The molecule has 0 saturated carbocycles. The quantitative estimate of drug-likeness (QED) is 0.650. The van der Waals surface area contributed by atoms with Crippen LogP contribution in [-0.4, -0.2) is 38.4 Å². The van der Waals surface area contributed by atoms with Crippen LogP contribution in [0, 0.1) is 0 Å². The fourth-order valence-electron chi connectivity index (χ4n) is 1.88. The lowest BCUT2D eigenvalue weighted by Crippen LogP contribution is -2.17. The summed E-state index contributed by atoms with van der Waals surface area (Å²) in [6.45, 7) is 0.